The molecule has 0 aromatic heterocycles. The molecule has 1 aliphatic carbocycles. The Hall–Kier alpha value is -0.700. The van der Waals surface area contributed by atoms with Crippen LogP contribution in [-0.4, -0.2) is 112 Å². The van der Waals surface area contributed by atoms with Gasteiger partial charge in [-0.05, 0) is 12.8 Å². The van der Waals surface area contributed by atoms with E-state index in [1.807, 2.05) is 13.8 Å². The molecule has 51 heavy (non-hydrogen) atoms. The van der Waals surface area contributed by atoms with Crippen molar-refractivity contribution in [3.63, 3.8) is 0 Å². The van der Waals surface area contributed by atoms with E-state index in [2.05, 4.69) is 13.6 Å². The molecule has 0 bridgehead atoms. The molecule has 0 aliphatic heterocycles. The summed E-state index contributed by atoms with van der Waals surface area (Å²) < 4.78 is 80.7. The molecule has 0 aromatic rings. The van der Waals surface area contributed by atoms with Gasteiger partial charge >= 0.3 is 43.2 Å². The van der Waals surface area contributed by atoms with Gasteiger partial charge in [0.05, 0.1) is 6.61 Å². The van der Waals surface area contributed by atoms with Gasteiger partial charge in [-0.15, -0.1) is 0 Å². The van der Waals surface area contributed by atoms with Crippen molar-refractivity contribution in [3.05, 3.63) is 0 Å². The average molecular weight is 827 g/mol. The Morgan fingerprint density at radius 3 is 1.39 bits per heavy atom. The van der Waals surface area contributed by atoms with E-state index in [0.29, 0.717) is 19.3 Å². The Kier molecular flexibility index (Phi) is 21.4. The molecule has 302 valence electrons. The average Bonchev–Trinajstić information content (AvgIpc) is 2.99. The summed E-state index contributed by atoms with van der Waals surface area (Å²) in [6.45, 7) is 2.38. The van der Waals surface area contributed by atoms with Gasteiger partial charge in [-0.2, -0.15) is 0 Å². The Balaban J connectivity index is 3.19. The maximum Gasteiger partial charge on any atom is 0.472 e. The Labute approximate surface area is 294 Å². The lowest BCUT2D eigenvalue weighted by Gasteiger charge is -2.45. The number of phosphoric acid groups is 4. The van der Waals surface area contributed by atoms with Gasteiger partial charge < -0.3 is 53.9 Å². The number of hydrogen-bond acceptors (Lipinski definition) is 15. The summed E-state index contributed by atoms with van der Waals surface area (Å²) in [6.07, 6.45) is -9.83. The molecule has 0 heterocycles. The molecule has 0 unspecified atom stereocenters. The second kappa shape index (κ2) is 22.6. The van der Waals surface area contributed by atoms with Crippen LogP contribution in [0.1, 0.15) is 90.9 Å². The first-order valence-corrected chi connectivity index (χ1v) is 22.2. The zero-order chi connectivity index (χ0) is 39.0. The maximum atomic E-state index is 13.0. The standard InChI is InChI=1S/C25H50O22P4/c1-3-5-7-9-11-13-18(26)41-15-17(43-19(27)14-12-10-8-6-4-2)16-42-51(39,40)47-22-20(28)23(44-48(30,31)32)25(46-50(36,37)38)24(21(22)29)45-49(33,34)35/h17,20-25,28-29H,3-16H2,1-2H3,(H,39,40)(H2,30,31,32)(H2,33,34,35)(H2,36,37,38)/t17-,20-,21-,22-,23+,24-,25-/m1/s1. The second-order valence-electron chi connectivity index (χ2n) is 11.6. The maximum absolute atomic E-state index is 13.0. The van der Waals surface area contributed by atoms with Gasteiger partial charge in [-0.3, -0.25) is 32.2 Å². The number of hydrogen-bond donors (Lipinski definition) is 9. The van der Waals surface area contributed by atoms with E-state index in [4.69, 9.17) is 18.5 Å². The number of ether oxygens (including phenoxy) is 2. The fourth-order valence-electron chi connectivity index (χ4n) is 4.84. The van der Waals surface area contributed by atoms with Crippen LogP contribution in [0.25, 0.3) is 0 Å². The quantitative estimate of drug-likeness (QED) is 0.0341. The molecule has 1 rings (SSSR count). The van der Waals surface area contributed by atoms with Crippen LogP contribution >= 0.6 is 31.3 Å². The molecule has 22 nitrogen and oxygen atoms in total. The van der Waals surface area contributed by atoms with E-state index in [1.54, 1.807) is 0 Å². The summed E-state index contributed by atoms with van der Waals surface area (Å²) >= 11 is 0. The van der Waals surface area contributed by atoms with Crippen molar-refractivity contribution in [1.82, 2.24) is 0 Å². The van der Waals surface area contributed by atoms with Crippen LogP contribution in [-0.2, 0) is 59.9 Å². The van der Waals surface area contributed by atoms with Gasteiger partial charge in [0.15, 0.2) is 6.10 Å². The highest BCUT2D eigenvalue weighted by Gasteiger charge is 2.59. The number of carbonyl (C=O) groups is 2. The van der Waals surface area contributed by atoms with E-state index in [0.717, 1.165) is 44.9 Å². The second-order valence-corrected chi connectivity index (χ2v) is 16.6. The molecule has 1 fully saturated rings. The number of aliphatic hydroxyl groups excluding tert-OH is 2. The third-order valence-corrected chi connectivity index (χ3v) is 9.69. The molecule has 26 heteroatoms. The first kappa shape index (κ1) is 48.3. The number of phosphoric ester groups is 4. The van der Waals surface area contributed by atoms with Gasteiger partial charge in [0.25, 0.3) is 0 Å². The highest BCUT2D eigenvalue weighted by molar-refractivity contribution is 7.47. The summed E-state index contributed by atoms with van der Waals surface area (Å²) in [6, 6.07) is 0. The van der Waals surface area contributed by atoms with Gasteiger partial charge in [0, 0.05) is 12.8 Å². The van der Waals surface area contributed by atoms with E-state index < -0.39 is 99.2 Å². The topological polar surface area (TPSA) is 349 Å². The van der Waals surface area contributed by atoms with Gasteiger partial charge in [0.1, 0.15) is 43.2 Å². The molecule has 0 amide bonds. The number of rotatable bonds is 26. The minimum absolute atomic E-state index is 0.0319. The van der Waals surface area contributed by atoms with Gasteiger partial charge in [-0.25, -0.2) is 18.3 Å². The largest absolute Gasteiger partial charge is 0.472 e. The van der Waals surface area contributed by atoms with Crippen molar-refractivity contribution < 1.29 is 104 Å². The fraction of sp³-hybridized carbons (Fsp3) is 0.920. The first-order valence-electron chi connectivity index (χ1n) is 16.1. The van der Waals surface area contributed by atoms with Crippen molar-refractivity contribution in [2.75, 3.05) is 13.2 Å². The van der Waals surface area contributed by atoms with Crippen molar-refractivity contribution in [2.24, 2.45) is 0 Å². The normalized spacial score (nSPS) is 24.8. The lowest BCUT2D eigenvalue weighted by molar-refractivity contribution is -0.209. The van der Waals surface area contributed by atoms with E-state index >= 15 is 0 Å². The summed E-state index contributed by atoms with van der Waals surface area (Å²) in [4.78, 5) is 91.0. The minimum Gasteiger partial charge on any atom is -0.462 e. The van der Waals surface area contributed by atoms with Crippen LogP contribution in [0.2, 0.25) is 0 Å². The SMILES string of the molecule is CCCCCCCC(=O)OC[C@H](CO[P@@](=O)(O)O[C@H]1[C@@H](O)[C@@H](OP(=O)(O)O)[C@H](OP(=O)(O)O)[C@@H](OP(=O)(O)O)[C@@H]1O)OC(=O)CCCCCCC. The fourth-order valence-corrected chi connectivity index (χ4v) is 7.50. The molecule has 0 saturated heterocycles. The van der Waals surface area contributed by atoms with Gasteiger partial charge in [-0.1, -0.05) is 65.2 Å². The Morgan fingerprint density at radius 2 is 0.961 bits per heavy atom. The summed E-state index contributed by atoms with van der Waals surface area (Å²) in [5.74, 6) is -1.43. The van der Waals surface area contributed by atoms with Crippen LogP contribution in [0.3, 0.4) is 0 Å². The van der Waals surface area contributed by atoms with Gasteiger partial charge in [0.2, 0.25) is 0 Å². The first-order chi connectivity index (χ1) is 23.5. The van der Waals surface area contributed by atoms with E-state index in [9.17, 15) is 72.3 Å². The molecule has 1 saturated carbocycles. The van der Waals surface area contributed by atoms with Crippen molar-refractivity contribution in [3.8, 4) is 0 Å². The minimum atomic E-state index is -5.76. The molecule has 0 radical (unpaired) electrons. The third-order valence-electron chi connectivity index (χ3n) is 7.15. The highest BCUT2D eigenvalue weighted by atomic mass is 31.2. The predicted molar refractivity (Wildman–Crippen MR) is 171 cm³/mol. The molecule has 9 N–H and O–H groups in total. The smallest absolute Gasteiger partial charge is 0.462 e. The summed E-state index contributed by atoms with van der Waals surface area (Å²) in [5, 5.41) is 21.5. The summed E-state index contributed by atoms with van der Waals surface area (Å²) in [7, 11) is -22.9. The molecular formula is C25H50O22P4. The highest BCUT2D eigenvalue weighted by Crippen LogP contribution is 2.53. The number of carbonyl (C=O) groups excluding carboxylic acids is 2. The molecule has 0 spiro atoms. The zero-order valence-corrected chi connectivity index (χ0v) is 31.6. The van der Waals surface area contributed by atoms with E-state index in [1.165, 1.54) is 0 Å². The Morgan fingerprint density at radius 1 is 0.549 bits per heavy atom. The number of aliphatic hydroxyl groups is 2. The lowest BCUT2D eigenvalue weighted by atomic mass is 9.85. The molecular weight excluding hydrogens is 776 g/mol. The number of esters is 2. The number of unbranched alkanes of at least 4 members (excludes halogenated alkanes) is 8. The molecule has 0 aromatic carbocycles. The third kappa shape index (κ3) is 21.1. The van der Waals surface area contributed by atoms with Crippen molar-refractivity contribution in [2.45, 2.75) is 134 Å². The van der Waals surface area contributed by atoms with Crippen molar-refractivity contribution in [1.29, 1.82) is 0 Å². The van der Waals surface area contributed by atoms with Crippen LogP contribution in [0.4, 0.5) is 0 Å². The van der Waals surface area contributed by atoms with Crippen LogP contribution < -0.4 is 0 Å². The molecule has 1 aliphatic rings. The van der Waals surface area contributed by atoms with Crippen LogP contribution in [0.5, 0.6) is 0 Å². The Bertz CT molecular complexity index is 1210. The van der Waals surface area contributed by atoms with Crippen molar-refractivity contribution >= 4 is 43.2 Å². The van der Waals surface area contributed by atoms with Crippen LogP contribution in [0.15, 0.2) is 0 Å². The van der Waals surface area contributed by atoms with Crippen LogP contribution in [0, 0.1) is 0 Å². The predicted octanol–water partition coefficient (Wildman–Crippen LogP) is 1.83. The summed E-state index contributed by atoms with van der Waals surface area (Å²) in [5.41, 5.74) is 0. The van der Waals surface area contributed by atoms with E-state index in [-0.39, 0.29) is 12.8 Å². The molecule has 8 atom stereocenters. The lowest BCUT2D eigenvalue weighted by Crippen LogP contribution is -2.65. The monoisotopic (exact) mass is 826 g/mol. The zero-order valence-electron chi connectivity index (χ0n) is 28.1.